The Morgan fingerprint density at radius 3 is 2.53 bits per heavy atom. The predicted octanol–water partition coefficient (Wildman–Crippen LogP) is 0.267. The first-order valence-electron chi connectivity index (χ1n) is 5.75. The van der Waals surface area contributed by atoms with Crippen LogP contribution in [0.15, 0.2) is 0 Å². The summed E-state index contributed by atoms with van der Waals surface area (Å²) in [6, 6.07) is -0.00736. The van der Waals surface area contributed by atoms with Crippen molar-refractivity contribution in [2.75, 3.05) is 20.2 Å². The van der Waals surface area contributed by atoms with E-state index in [1.54, 1.807) is 0 Å². The van der Waals surface area contributed by atoms with Gasteiger partial charge < -0.3 is 15.8 Å². The SMILES string of the molecule is COC(=O)C1([C@@H](N)C2CC2)CCNCC1. The number of carbonyl (C=O) groups is 1. The van der Waals surface area contributed by atoms with E-state index in [-0.39, 0.29) is 12.0 Å². The first-order chi connectivity index (χ1) is 7.20. The van der Waals surface area contributed by atoms with Crippen LogP contribution >= 0.6 is 0 Å². The number of ether oxygens (including phenoxy) is 1. The molecule has 2 fully saturated rings. The molecule has 3 N–H and O–H groups in total. The lowest BCUT2D eigenvalue weighted by Crippen LogP contribution is -2.54. The van der Waals surface area contributed by atoms with Crippen LogP contribution < -0.4 is 11.1 Å². The van der Waals surface area contributed by atoms with Crippen molar-refractivity contribution in [1.29, 1.82) is 0 Å². The van der Waals surface area contributed by atoms with Crippen LogP contribution in [0.2, 0.25) is 0 Å². The van der Waals surface area contributed by atoms with Crippen molar-refractivity contribution < 1.29 is 9.53 Å². The molecular formula is C11H20N2O2. The Morgan fingerprint density at radius 1 is 1.47 bits per heavy atom. The van der Waals surface area contributed by atoms with Crippen LogP contribution in [0.4, 0.5) is 0 Å². The van der Waals surface area contributed by atoms with Gasteiger partial charge in [-0.2, -0.15) is 0 Å². The number of esters is 1. The Hall–Kier alpha value is -0.610. The number of nitrogens with one attached hydrogen (secondary N) is 1. The monoisotopic (exact) mass is 212 g/mol. The molecular weight excluding hydrogens is 192 g/mol. The van der Waals surface area contributed by atoms with E-state index >= 15 is 0 Å². The van der Waals surface area contributed by atoms with Crippen molar-refractivity contribution in [2.24, 2.45) is 17.1 Å². The van der Waals surface area contributed by atoms with Gasteiger partial charge in [0.15, 0.2) is 0 Å². The Balaban J connectivity index is 2.15. The van der Waals surface area contributed by atoms with Crippen LogP contribution in [0.25, 0.3) is 0 Å². The highest BCUT2D eigenvalue weighted by Gasteiger charge is 2.50. The highest BCUT2D eigenvalue weighted by atomic mass is 16.5. The quantitative estimate of drug-likeness (QED) is 0.659. The standard InChI is InChI=1S/C11H20N2O2/c1-15-10(14)11(4-6-13-7-5-11)9(12)8-2-3-8/h8-9,13H,2-7,12H2,1H3/t9-/m0/s1. The molecule has 2 rings (SSSR count). The van der Waals surface area contributed by atoms with Gasteiger partial charge in [-0.05, 0) is 44.7 Å². The molecule has 4 nitrogen and oxygen atoms in total. The number of methoxy groups -OCH3 is 1. The fourth-order valence-electron chi connectivity index (χ4n) is 2.66. The molecule has 1 saturated carbocycles. The van der Waals surface area contributed by atoms with Crippen molar-refractivity contribution >= 4 is 5.97 Å². The lowest BCUT2D eigenvalue weighted by molar-refractivity contribution is -0.156. The summed E-state index contributed by atoms with van der Waals surface area (Å²) < 4.78 is 4.95. The lowest BCUT2D eigenvalue weighted by atomic mass is 9.71. The van der Waals surface area contributed by atoms with E-state index in [0.29, 0.717) is 5.92 Å². The maximum Gasteiger partial charge on any atom is 0.313 e. The number of rotatable bonds is 3. The topological polar surface area (TPSA) is 64.3 Å². The molecule has 15 heavy (non-hydrogen) atoms. The second kappa shape index (κ2) is 4.10. The summed E-state index contributed by atoms with van der Waals surface area (Å²) in [5.41, 5.74) is 5.82. The van der Waals surface area contributed by atoms with Crippen LogP contribution in [0.5, 0.6) is 0 Å². The van der Waals surface area contributed by atoms with Gasteiger partial charge in [0, 0.05) is 6.04 Å². The smallest absolute Gasteiger partial charge is 0.313 e. The molecule has 4 heteroatoms. The minimum absolute atomic E-state index is 0.00736. The summed E-state index contributed by atoms with van der Waals surface area (Å²) in [7, 11) is 1.46. The van der Waals surface area contributed by atoms with Crippen molar-refractivity contribution in [3.63, 3.8) is 0 Å². The summed E-state index contributed by atoms with van der Waals surface area (Å²) >= 11 is 0. The van der Waals surface area contributed by atoms with Gasteiger partial charge in [0.1, 0.15) is 0 Å². The van der Waals surface area contributed by atoms with E-state index in [0.717, 1.165) is 25.9 Å². The summed E-state index contributed by atoms with van der Waals surface area (Å²) in [5.74, 6) is 0.436. The van der Waals surface area contributed by atoms with Gasteiger partial charge in [-0.25, -0.2) is 0 Å². The molecule has 0 amide bonds. The van der Waals surface area contributed by atoms with Gasteiger partial charge in [-0.15, -0.1) is 0 Å². The van der Waals surface area contributed by atoms with Crippen molar-refractivity contribution in [2.45, 2.75) is 31.7 Å². The molecule has 1 atom stereocenters. The summed E-state index contributed by atoms with van der Waals surface area (Å²) in [5, 5.41) is 3.27. The third-order valence-corrected chi connectivity index (χ3v) is 3.86. The number of carbonyl (C=O) groups excluding carboxylic acids is 1. The van der Waals surface area contributed by atoms with Crippen molar-refractivity contribution in [3.8, 4) is 0 Å². The molecule has 0 aromatic heterocycles. The molecule has 1 saturated heterocycles. The molecule has 0 spiro atoms. The molecule has 0 unspecified atom stereocenters. The van der Waals surface area contributed by atoms with Gasteiger partial charge in [0.25, 0.3) is 0 Å². The zero-order valence-electron chi connectivity index (χ0n) is 9.29. The Labute approximate surface area is 90.5 Å². The van der Waals surface area contributed by atoms with E-state index in [9.17, 15) is 4.79 Å². The summed E-state index contributed by atoms with van der Waals surface area (Å²) in [6.45, 7) is 1.74. The molecule has 1 aliphatic carbocycles. The molecule has 1 heterocycles. The molecule has 2 aliphatic rings. The van der Waals surface area contributed by atoms with E-state index in [1.807, 2.05) is 0 Å². The third kappa shape index (κ3) is 1.88. The molecule has 1 aliphatic heterocycles. The second-order valence-electron chi connectivity index (χ2n) is 4.76. The van der Waals surface area contributed by atoms with Gasteiger partial charge >= 0.3 is 5.97 Å². The Kier molecular flexibility index (Phi) is 2.98. The summed E-state index contributed by atoms with van der Waals surface area (Å²) in [4.78, 5) is 11.9. The zero-order chi connectivity index (χ0) is 10.9. The Bertz CT molecular complexity index is 245. The first kappa shape index (κ1) is 10.9. The largest absolute Gasteiger partial charge is 0.469 e. The van der Waals surface area contributed by atoms with Crippen LogP contribution in [-0.2, 0) is 9.53 Å². The minimum Gasteiger partial charge on any atom is -0.469 e. The average molecular weight is 212 g/mol. The minimum atomic E-state index is -0.416. The maximum atomic E-state index is 11.9. The molecule has 0 radical (unpaired) electrons. The summed E-state index contributed by atoms with van der Waals surface area (Å²) in [6.07, 6.45) is 3.98. The number of piperidine rings is 1. The third-order valence-electron chi connectivity index (χ3n) is 3.86. The van der Waals surface area contributed by atoms with Crippen molar-refractivity contribution in [1.82, 2.24) is 5.32 Å². The van der Waals surface area contributed by atoms with Gasteiger partial charge in [0.2, 0.25) is 0 Å². The van der Waals surface area contributed by atoms with Gasteiger partial charge in [0.05, 0.1) is 12.5 Å². The highest BCUT2D eigenvalue weighted by Crippen LogP contribution is 2.44. The van der Waals surface area contributed by atoms with Gasteiger partial charge in [-0.3, -0.25) is 4.79 Å². The number of nitrogens with two attached hydrogens (primary N) is 1. The van der Waals surface area contributed by atoms with E-state index < -0.39 is 5.41 Å². The number of hydrogen-bond acceptors (Lipinski definition) is 4. The predicted molar refractivity (Wildman–Crippen MR) is 57.3 cm³/mol. The molecule has 0 aromatic carbocycles. The second-order valence-corrected chi connectivity index (χ2v) is 4.76. The van der Waals surface area contributed by atoms with E-state index in [2.05, 4.69) is 5.32 Å². The fraction of sp³-hybridized carbons (Fsp3) is 0.909. The van der Waals surface area contributed by atoms with Crippen LogP contribution in [0, 0.1) is 11.3 Å². The van der Waals surface area contributed by atoms with Crippen LogP contribution in [-0.4, -0.2) is 32.2 Å². The fourth-order valence-corrected chi connectivity index (χ4v) is 2.66. The lowest BCUT2D eigenvalue weighted by Gasteiger charge is -2.39. The van der Waals surface area contributed by atoms with E-state index in [1.165, 1.54) is 20.0 Å². The van der Waals surface area contributed by atoms with Crippen molar-refractivity contribution in [3.05, 3.63) is 0 Å². The normalized spacial score (nSPS) is 27.1. The van der Waals surface area contributed by atoms with Crippen LogP contribution in [0.3, 0.4) is 0 Å². The van der Waals surface area contributed by atoms with Crippen LogP contribution in [0.1, 0.15) is 25.7 Å². The average Bonchev–Trinajstić information content (AvgIpc) is 3.11. The molecule has 0 aromatic rings. The first-order valence-corrected chi connectivity index (χ1v) is 5.75. The molecule has 86 valence electrons. The zero-order valence-corrected chi connectivity index (χ0v) is 9.29. The number of hydrogen-bond donors (Lipinski definition) is 2. The van der Waals surface area contributed by atoms with E-state index in [4.69, 9.17) is 10.5 Å². The molecule has 0 bridgehead atoms. The van der Waals surface area contributed by atoms with Gasteiger partial charge in [-0.1, -0.05) is 0 Å². The Morgan fingerprint density at radius 2 is 2.07 bits per heavy atom. The highest BCUT2D eigenvalue weighted by molar-refractivity contribution is 5.78. The maximum absolute atomic E-state index is 11.9.